The van der Waals surface area contributed by atoms with E-state index >= 15 is 0 Å². The Balaban J connectivity index is 1.37. The molecule has 26 heavy (non-hydrogen) atoms. The van der Waals surface area contributed by atoms with Gasteiger partial charge in [-0.05, 0) is 12.1 Å². The molecule has 8 nitrogen and oxygen atoms in total. The Hall–Kier alpha value is -2.32. The maximum Gasteiger partial charge on any atom is 0.325 e. The fraction of sp³-hybridized carbons (Fsp3) is 0.471. The third-order valence-electron chi connectivity index (χ3n) is 4.42. The van der Waals surface area contributed by atoms with Crippen LogP contribution in [0.5, 0.6) is 5.75 Å². The summed E-state index contributed by atoms with van der Waals surface area (Å²) >= 11 is 6.05. The molecule has 0 spiro atoms. The SMILES string of the molecule is O=C1CN(CC(=O)N2CCN(CCOc3ccccc3Cl)CC2)C(=O)N1. The van der Waals surface area contributed by atoms with E-state index < -0.39 is 6.03 Å². The van der Waals surface area contributed by atoms with Gasteiger partial charge in [0.2, 0.25) is 11.8 Å². The average molecular weight is 381 g/mol. The van der Waals surface area contributed by atoms with Gasteiger partial charge >= 0.3 is 6.03 Å². The number of carbonyl (C=O) groups excluding carboxylic acids is 3. The van der Waals surface area contributed by atoms with Crippen LogP contribution in [0.1, 0.15) is 0 Å². The minimum atomic E-state index is -0.501. The smallest absolute Gasteiger partial charge is 0.325 e. The second-order valence-electron chi connectivity index (χ2n) is 6.21. The highest BCUT2D eigenvalue weighted by atomic mass is 35.5. The van der Waals surface area contributed by atoms with Crippen molar-refractivity contribution in [3.63, 3.8) is 0 Å². The predicted molar refractivity (Wildman–Crippen MR) is 95.1 cm³/mol. The lowest BCUT2D eigenvalue weighted by Crippen LogP contribution is -2.52. The number of rotatable bonds is 6. The zero-order valence-electron chi connectivity index (χ0n) is 14.3. The van der Waals surface area contributed by atoms with Crippen molar-refractivity contribution in [2.24, 2.45) is 0 Å². The molecule has 0 atom stereocenters. The van der Waals surface area contributed by atoms with Crippen molar-refractivity contribution in [1.82, 2.24) is 20.0 Å². The standard InChI is InChI=1S/C17H21ClN4O4/c18-13-3-1-2-4-14(13)26-10-9-20-5-7-21(8-6-20)16(24)12-22-11-15(23)19-17(22)25/h1-4H,5-12H2,(H,19,23,25). The molecule has 3 rings (SSSR count). The van der Waals surface area contributed by atoms with E-state index in [0.717, 1.165) is 19.6 Å². The van der Waals surface area contributed by atoms with E-state index in [0.29, 0.717) is 30.5 Å². The molecular weight excluding hydrogens is 360 g/mol. The van der Waals surface area contributed by atoms with E-state index in [1.165, 1.54) is 4.90 Å². The van der Waals surface area contributed by atoms with Gasteiger partial charge in [0.1, 0.15) is 25.4 Å². The molecular formula is C17H21ClN4O4. The highest BCUT2D eigenvalue weighted by molar-refractivity contribution is 6.32. The fourth-order valence-electron chi connectivity index (χ4n) is 2.94. The summed E-state index contributed by atoms with van der Waals surface area (Å²) in [5, 5.41) is 2.76. The van der Waals surface area contributed by atoms with Crippen molar-refractivity contribution in [2.75, 3.05) is 52.4 Å². The van der Waals surface area contributed by atoms with Crippen LogP contribution in [0.25, 0.3) is 0 Å². The number of hydrogen-bond donors (Lipinski definition) is 1. The van der Waals surface area contributed by atoms with Crippen LogP contribution in [0.15, 0.2) is 24.3 Å². The fourth-order valence-corrected chi connectivity index (χ4v) is 3.13. The first kappa shape index (κ1) is 18.5. The van der Waals surface area contributed by atoms with E-state index in [1.54, 1.807) is 11.0 Å². The summed E-state index contributed by atoms with van der Waals surface area (Å²) in [6, 6.07) is 6.85. The van der Waals surface area contributed by atoms with E-state index in [-0.39, 0.29) is 24.9 Å². The topological polar surface area (TPSA) is 82.2 Å². The molecule has 0 bridgehead atoms. The lowest BCUT2D eigenvalue weighted by Gasteiger charge is -2.35. The molecule has 0 aliphatic carbocycles. The molecule has 4 amide bonds. The van der Waals surface area contributed by atoms with Gasteiger partial charge in [-0.3, -0.25) is 19.8 Å². The summed E-state index contributed by atoms with van der Waals surface area (Å²) in [5.74, 6) is 0.161. The molecule has 0 unspecified atom stereocenters. The van der Waals surface area contributed by atoms with Gasteiger partial charge in [-0.1, -0.05) is 23.7 Å². The summed E-state index contributed by atoms with van der Waals surface area (Å²) < 4.78 is 5.69. The maximum absolute atomic E-state index is 12.3. The summed E-state index contributed by atoms with van der Waals surface area (Å²) in [6.07, 6.45) is 0. The maximum atomic E-state index is 12.3. The molecule has 140 valence electrons. The number of nitrogens with zero attached hydrogens (tertiary/aromatic N) is 3. The van der Waals surface area contributed by atoms with Crippen molar-refractivity contribution in [3.8, 4) is 5.75 Å². The minimum absolute atomic E-state index is 0.0517. The number of piperazine rings is 1. The Labute approximate surface area is 156 Å². The number of carbonyl (C=O) groups is 3. The van der Waals surface area contributed by atoms with Crippen LogP contribution in [-0.2, 0) is 9.59 Å². The van der Waals surface area contributed by atoms with Crippen molar-refractivity contribution >= 4 is 29.4 Å². The van der Waals surface area contributed by atoms with Crippen molar-refractivity contribution < 1.29 is 19.1 Å². The zero-order valence-corrected chi connectivity index (χ0v) is 15.1. The minimum Gasteiger partial charge on any atom is -0.491 e. The Kier molecular flexibility index (Phi) is 5.95. The van der Waals surface area contributed by atoms with Gasteiger partial charge in [-0.25, -0.2) is 4.79 Å². The molecule has 2 saturated heterocycles. The largest absolute Gasteiger partial charge is 0.491 e. The molecule has 2 aliphatic heterocycles. The molecule has 2 heterocycles. The number of halogens is 1. The molecule has 0 aromatic heterocycles. The highest BCUT2D eigenvalue weighted by Crippen LogP contribution is 2.22. The van der Waals surface area contributed by atoms with Crippen molar-refractivity contribution in [2.45, 2.75) is 0 Å². The summed E-state index contributed by atoms with van der Waals surface area (Å²) in [5.41, 5.74) is 0. The lowest BCUT2D eigenvalue weighted by molar-refractivity contribution is -0.133. The lowest BCUT2D eigenvalue weighted by atomic mass is 10.3. The quantitative estimate of drug-likeness (QED) is 0.723. The zero-order chi connectivity index (χ0) is 18.5. The molecule has 0 radical (unpaired) electrons. The van der Waals surface area contributed by atoms with Crippen LogP contribution < -0.4 is 10.1 Å². The first-order valence-corrected chi connectivity index (χ1v) is 8.87. The van der Waals surface area contributed by atoms with E-state index in [1.807, 2.05) is 18.2 Å². The number of ether oxygens (including phenoxy) is 1. The Bertz CT molecular complexity index is 691. The van der Waals surface area contributed by atoms with Crippen molar-refractivity contribution in [3.05, 3.63) is 29.3 Å². The number of urea groups is 1. The number of nitrogens with one attached hydrogen (secondary N) is 1. The number of hydrogen-bond acceptors (Lipinski definition) is 5. The Morgan fingerprint density at radius 1 is 1.15 bits per heavy atom. The molecule has 2 fully saturated rings. The third-order valence-corrected chi connectivity index (χ3v) is 4.73. The third kappa shape index (κ3) is 4.64. The van der Waals surface area contributed by atoms with Gasteiger partial charge in [-0.15, -0.1) is 0 Å². The second kappa shape index (κ2) is 8.37. The van der Waals surface area contributed by atoms with E-state index in [9.17, 15) is 14.4 Å². The Morgan fingerprint density at radius 2 is 1.88 bits per heavy atom. The average Bonchev–Trinajstić information content (AvgIpc) is 2.94. The molecule has 9 heteroatoms. The monoisotopic (exact) mass is 380 g/mol. The molecule has 2 aliphatic rings. The molecule has 1 aromatic rings. The van der Waals surface area contributed by atoms with Crippen molar-refractivity contribution in [1.29, 1.82) is 0 Å². The summed E-state index contributed by atoms with van der Waals surface area (Å²) in [6.45, 7) is 3.81. The second-order valence-corrected chi connectivity index (χ2v) is 6.62. The molecule has 1 N–H and O–H groups in total. The first-order valence-electron chi connectivity index (χ1n) is 8.49. The van der Waals surface area contributed by atoms with Gasteiger partial charge < -0.3 is 14.5 Å². The Morgan fingerprint density at radius 3 is 2.54 bits per heavy atom. The molecule has 0 saturated carbocycles. The molecule has 1 aromatic carbocycles. The predicted octanol–water partition coefficient (Wildman–Crippen LogP) is 0.415. The van der Waals surface area contributed by atoms with Gasteiger partial charge in [0.25, 0.3) is 0 Å². The van der Waals surface area contributed by atoms with E-state index in [4.69, 9.17) is 16.3 Å². The van der Waals surface area contributed by atoms with E-state index in [2.05, 4.69) is 10.2 Å². The van der Waals surface area contributed by atoms with Crippen LogP contribution in [0, 0.1) is 0 Å². The first-order chi connectivity index (χ1) is 12.5. The number of amides is 4. The van der Waals surface area contributed by atoms with Gasteiger partial charge in [-0.2, -0.15) is 0 Å². The normalized spacial score (nSPS) is 18.2. The van der Waals surface area contributed by atoms with Gasteiger partial charge in [0.05, 0.1) is 5.02 Å². The van der Waals surface area contributed by atoms with Crippen LogP contribution >= 0.6 is 11.6 Å². The number of para-hydroxylation sites is 1. The number of imide groups is 1. The van der Waals surface area contributed by atoms with Gasteiger partial charge in [0.15, 0.2) is 0 Å². The van der Waals surface area contributed by atoms with Gasteiger partial charge in [0, 0.05) is 32.7 Å². The van der Waals surface area contributed by atoms with Crippen LogP contribution in [-0.4, -0.2) is 85.0 Å². The van der Waals surface area contributed by atoms with Crippen LogP contribution in [0.3, 0.4) is 0 Å². The summed E-state index contributed by atoms with van der Waals surface area (Å²) in [4.78, 5) is 40.1. The highest BCUT2D eigenvalue weighted by Gasteiger charge is 2.30. The number of benzene rings is 1. The van der Waals surface area contributed by atoms with Crippen LogP contribution in [0.2, 0.25) is 5.02 Å². The van der Waals surface area contributed by atoms with Crippen LogP contribution in [0.4, 0.5) is 4.79 Å². The summed E-state index contributed by atoms with van der Waals surface area (Å²) in [7, 11) is 0.